The quantitative estimate of drug-likeness (QED) is 0.613. The number of hydrogen-bond acceptors (Lipinski definition) is 7. The zero-order chi connectivity index (χ0) is 20.6. The lowest BCUT2D eigenvalue weighted by Gasteiger charge is -2.50. The van der Waals surface area contributed by atoms with Gasteiger partial charge in [0.2, 0.25) is 12.0 Å². The number of likely N-dealkylation sites (tertiary alicyclic amines) is 1. The highest BCUT2D eigenvalue weighted by molar-refractivity contribution is 6.43. The molecule has 0 N–H and O–H groups in total. The molecule has 0 amide bonds. The van der Waals surface area contributed by atoms with Crippen molar-refractivity contribution in [1.29, 1.82) is 0 Å². The molecule has 0 aromatic heterocycles. The molecule has 1 fully saturated rings. The average molecular weight is 415 g/mol. The smallest absolute Gasteiger partial charge is 0.265 e. The summed E-state index contributed by atoms with van der Waals surface area (Å²) in [4.78, 5) is 33.5. The highest BCUT2D eigenvalue weighted by atomic mass is 19.1. The number of allylic oxidation sites excluding steroid dienone is 3. The van der Waals surface area contributed by atoms with E-state index in [4.69, 9.17) is 9.57 Å². The number of piperidine rings is 1. The van der Waals surface area contributed by atoms with Crippen molar-refractivity contribution in [2.24, 2.45) is 11.1 Å². The zero-order valence-corrected chi connectivity index (χ0v) is 16.1. The van der Waals surface area contributed by atoms with E-state index in [0.717, 1.165) is 32.4 Å². The molecule has 0 aromatic rings. The molecule has 2 aliphatic carbocycles. The number of Topliss-reactive ketones (excluding diaryl/α,β-unsaturated/α-hetero) is 2. The molecule has 9 heteroatoms. The second-order valence-corrected chi connectivity index (χ2v) is 8.30. The molecular weight excluding hydrogens is 396 g/mol. The molecule has 0 spiro atoms. The highest BCUT2D eigenvalue weighted by Gasteiger charge is 2.54. The van der Waals surface area contributed by atoms with E-state index in [9.17, 15) is 14.0 Å². The van der Waals surface area contributed by atoms with Crippen molar-refractivity contribution in [3.63, 3.8) is 0 Å². The lowest BCUT2D eigenvalue weighted by Crippen LogP contribution is -2.56. The first-order valence-corrected chi connectivity index (χ1v) is 10.3. The van der Waals surface area contributed by atoms with Gasteiger partial charge in [-0.05, 0) is 31.8 Å². The second kappa shape index (κ2) is 6.26. The molecule has 4 aliphatic heterocycles. The maximum Gasteiger partial charge on any atom is 0.265 e. The van der Waals surface area contributed by atoms with Crippen LogP contribution in [0.2, 0.25) is 0 Å². The SMILES string of the molecule is O=C1CCC2=C(OC3=C(F)C(N4CCCCC4)=CC4C=C5C(F)=NOC5N2C34)C1=O. The Morgan fingerprint density at radius 1 is 1.07 bits per heavy atom. The molecule has 6 rings (SSSR count). The minimum absolute atomic E-state index is 0.0175. The van der Waals surface area contributed by atoms with Crippen LogP contribution in [0.15, 0.2) is 51.6 Å². The van der Waals surface area contributed by atoms with E-state index in [1.807, 2.05) is 4.90 Å². The lowest BCUT2D eigenvalue weighted by molar-refractivity contribution is -0.138. The van der Waals surface area contributed by atoms with Crippen molar-refractivity contribution in [3.8, 4) is 0 Å². The fourth-order valence-electron chi connectivity index (χ4n) is 5.21. The standard InChI is InChI=1S/C21H19F2N3O4/c22-15-13(25-6-2-1-3-7-25)9-10-8-11-20(23)24-30-21(11)26-12-4-5-14(27)17(28)18(12)29-19(15)16(10)26/h8-10,16,21H,1-7H2. The number of carbonyl (C=O) groups is 2. The van der Waals surface area contributed by atoms with Crippen LogP contribution in [0.5, 0.6) is 0 Å². The normalized spacial score (nSPS) is 32.6. The summed E-state index contributed by atoms with van der Waals surface area (Å²) >= 11 is 0. The van der Waals surface area contributed by atoms with Crippen LogP contribution in [0, 0.1) is 5.92 Å². The molecular formula is C21H19F2N3O4. The third-order valence-corrected chi connectivity index (χ3v) is 6.62. The summed E-state index contributed by atoms with van der Waals surface area (Å²) < 4.78 is 35.9. The van der Waals surface area contributed by atoms with Crippen LogP contribution in [0.4, 0.5) is 8.78 Å². The van der Waals surface area contributed by atoms with Crippen molar-refractivity contribution in [1.82, 2.24) is 9.80 Å². The molecule has 156 valence electrons. The fraction of sp³-hybridized carbons (Fsp3) is 0.476. The van der Waals surface area contributed by atoms with Crippen molar-refractivity contribution in [2.75, 3.05) is 13.1 Å². The summed E-state index contributed by atoms with van der Waals surface area (Å²) in [5.74, 6) is -3.20. The van der Waals surface area contributed by atoms with Crippen LogP contribution in [0.3, 0.4) is 0 Å². The molecule has 3 atom stereocenters. The monoisotopic (exact) mass is 415 g/mol. The molecule has 4 heterocycles. The topological polar surface area (TPSA) is 71.4 Å². The molecule has 6 aliphatic rings. The molecule has 1 saturated heterocycles. The largest absolute Gasteiger partial charge is 0.450 e. The first-order chi connectivity index (χ1) is 14.5. The van der Waals surface area contributed by atoms with Gasteiger partial charge in [0, 0.05) is 25.4 Å². The van der Waals surface area contributed by atoms with Crippen LogP contribution in [0.25, 0.3) is 0 Å². The number of carbonyl (C=O) groups excluding carboxylic acids is 2. The summed E-state index contributed by atoms with van der Waals surface area (Å²) in [6, 6.07) is -0.617. The summed E-state index contributed by atoms with van der Waals surface area (Å²) in [6.45, 7) is 1.44. The summed E-state index contributed by atoms with van der Waals surface area (Å²) in [7, 11) is 0. The van der Waals surface area contributed by atoms with Crippen molar-refractivity contribution < 1.29 is 27.9 Å². The van der Waals surface area contributed by atoms with E-state index >= 15 is 4.39 Å². The Hall–Kier alpha value is -2.97. The fourth-order valence-corrected chi connectivity index (χ4v) is 5.21. The summed E-state index contributed by atoms with van der Waals surface area (Å²) in [6.07, 6.45) is 5.89. The van der Waals surface area contributed by atoms with Gasteiger partial charge in [-0.2, -0.15) is 4.39 Å². The van der Waals surface area contributed by atoms with Crippen LogP contribution in [0.1, 0.15) is 32.1 Å². The Morgan fingerprint density at radius 2 is 1.87 bits per heavy atom. The summed E-state index contributed by atoms with van der Waals surface area (Å²) in [5, 5.41) is 3.47. The third-order valence-electron chi connectivity index (χ3n) is 6.62. The Kier molecular flexibility index (Phi) is 3.73. The summed E-state index contributed by atoms with van der Waals surface area (Å²) in [5.41, 5.74) is 1.10. The number of rotatable bonds is 1. The Labute approximate surface area is 170 Å². The number of fused-ring (bicyclic) bond motifs is 3. The van der Waals surface area contributed by atoms with Crippen molar-refractivity contribution in [2.45, 2.75) is 44.4 Å². The van der Waals surface area contributed by atoms with Gasteiger partial charge < -0.3 is 19.4 Å². The number of ketones is 2. The minimum atomic E-state index is -0.908. The van der Waals surface area contributed by atoms with Crippen molar-refractivity contribution in [3.05, 3.63) is 46.5 Å². The van der Waals surface area contributed by atoms with Crippen LogP contribution in [-0.2, 0) is 19.2 Å². The van der Waals surface area contributed by atoms with Gasteiger partial charge >= 0.3 is 0 Å². The molecule has 30 heavy (non-hydrogen) atoms. The molecule has 0 radical (unpaired) electrons. The molecule has 0 saturated carbocycles. The first kappa shape index (κ1) is 17.9. The third kappa shape index (κ3) is 2.31. The van der Waals surface area contributed by atoms with E-state index in [1.54, 1.807) is 17.1 Å². The first-order valence-electron chi connectivity index (χ1n) is 10.3. The van der Waals surface area contributed by atoms with E-state index in [2.05, 4.69) is 5.16 Å². The molecule has 0 bridgehead atoms. The maximum absolute atomic E-state index is 15.7. The van der Waals surface area contributed by atoms with Crippen LogP contribution in [-0.4, -0.2) is 52.7 Å². The van der Waals surface area contributed by atoms with Gasteiger partial charge in [-0.25, -0.2) is 4.39 Å². The number of hydrogen-bond donors (Lipinski definition) is 0. The number of halogens is 2. The van der Waals surface area contributed by atoms with Gasteiger partial charge in [0.25, 0.3) is 11.7 Å². The Morgan fingerprint density at radius 3 is 2.67 bits per heavy atom. The van der Waals surface area contributed by atoms with E-state index in [1.165, 1.54) is 0 Å². The van der Waals surface area contributed by atoms with Crippen molar-refractivity contribution >= 4 is 17.5 Å². The Bertz CT molecular complexity index is 1030. The predicted molar refractivity (Wildman–Crippen MR) is 99.6 cm³/mol. The van der Waals surface area contributed by atoms with Gasteiger partial charge in [-0.3, -0.25) is 9.59 Å². The van der Waals surface area contributed by atoms with E-state index < -0.39 is 35.6 Å². The second-order valence-electron chi connectivity index (χ2n) is 8.30. The Balaban J connectivity index is 1.53. The maximum atomic E-state index is 15.7. The van der Waals surface area contributed by atoms with Gasteiger partial charge in [0.15, 0.2) is 17.3 Å². The van der Waals surface area contributed by atoms with Gasteiger partial charge in [0.1, 0.15) is 6.04 Å². The van der Waals surface area contributed by atoms with Crippen LogP contribution < -0.4 is 0 Å². The lowest BCUT2D eigenvalue weighted by atomic mass is 9.81. The van der Waals surface area contributed by atoms with Gasteiger partial charge in [0.05, 0.1) is 17.0 Å². The average Bonchev–Trinajstić information content (AvgIpc) is 3.14. The van der Waals surface area contributed by atoms with Crippen LogP contribution >= 0.6 is 0 Å². The number of ether oxygens (including phenoxy) is 1. The van der Waals surface area contributed by atoms with E-state index in [-0.39, 0.29) is 35.9 Å². The predicted octanol–water partition coefficient (Wildman–Crippen LogP) is 2.59. The van der Waals surface area contributed by atoms with Gasteiger partial charge in [-0.15, -0.1) is 0 Å². The number of nitrogens with zero attached hydrogens (tertiary/aromatic N) is 3. The molecule has 7 nitrogen and oxygen atoms in total. The highest BCUT2D eigenvalue weighted by Crippen LogP contribution is 2.49. The molecule has 0 aromatic carbocycles. The zero-order valence-electron chi connectivity index (χ0n) is 16.1. The number of oxime groups is 1. The molecule has 3 unspecified atom stereocenters. The van der Waals surface area contributed by atoms with Gasteiger partial charge in [-0.1, -0.05) is 11.2 Å². The van der Waals surface area contributed by atoms with E-state index in [0.29, 0.717) is 11.4 Å². The minimum Gasteiger partial charge on any atom is -0.450 e.